The van der Waals surface area contributed by atoms with Crippen molar-refractivity contribution >= 4 is 55.7 Å². The third-order valence-electron chi connectivity index (χ3n) is 6.81. The average molecular weight is 561 g/mol. The molecule has 3 aromatic carbocycles. The fraction of sp³-hybridized carbons (Fsp3) is 0.233. The lowest BCUT2D eigenvalue weighted by Gasteiger charge is -2.23. The number of halogens is 1. The summed E-state index contributed by atoms with van der Waals surface area (Å²) in [4.78, 5) is 33.2. The second-order valence-corrected chi connectivity index (χ2v) is 11.1. The molecule has 2 atom stereocenters. The standard InChI is InChI=1S/C30H25ClN2O5S/c1-3-11-37-21-6-4-5-17(14-21)26-25(27(34)18-7-10-23-19(13-18)12-16(2)38-23)28(35)29(36)33(26)30-32-22-9-8-20(31)15-24(22)39-30/h4-10,13-16,26,34H,3,11-12H2,1-2H3/t16-,26+/m0/s1. The highest BCUT2D eigenvalue weighted by molar-refractivity contribution is 7.22. The third-order valence-corrected chi connectivity index (χ3v) is 8.06. The van der Waals surface area contributed by atoms with Crippen molar-refractivity contribution in [2.45, 2.75) is 38.8 Å². The van der Waals surface area contributed by atoms with E-state index in [0.717, 1.165) is 22.4 Å². The van der Waals surface area contributed by atoms with Crippen LogP contribution in [-0.2, 0) is 16.0 Å². The van der Waals surface area contributed by atoms with Gasteiger partial charge in [0.15, 0.2) is 5.13 Å². The average Bonchev–Trinajstić information content (AvgIpc) is 3.59. The van der Waals surface area contributed by atoms with E-state index in [2.05, 4.69) is 4.98 Å². The van der Waals surface area contributed by atoms with Gasteiger partial charge in [0.05, 0.1) is 28.4 Å². The van der Waals surface area contributed by atoms with E-state index in [0.29, 0.717) is 45.6 Å². The number of anilines is 1. The molecule has 0 unspecified atom stereocenters. The number of carbonyl (C=O) groups excluding carboxylic acids is 2. The zero-order chi connectivity index (χ0) is 27.3. The largest absolute Gasteiger partial charge is 0.507 e. The van der Waals surface area contributed by atoms with Crippen molar-refractivity contribution < 1.29 is 24.2 Å². The highest BCUT2D eigenvalue weighted by Gasteiger charge is 2.48. The highest BCUT2D eigenvalue weighted by Crippen LogP contribution is 2.45. The smallest absolute Gasteiger partial charge is 0.301 e. The number of rotatable bonds is 6. The Morgan fingerprint density at radius 1 is 1.18 bits per heavy atom. The summed E-state index contributed by atoms with van der Waals surface area (Å²) in [5.41, 5.74) is 2.67. The number of aliphatic hydroxyl groups is 1. The summed E-state index contributed by atoms with van der Waals surface area (Å²) >= 11 is 7.45. The Bertz CT molecular complexity index is 1660. The van der Waals surface area contributed by atoms with E-state index < -0.39 is 17.7 Å². The van der Waals surface area contributed by atoms with Crippen LogP contribution in [0.5, 0.6) is 11.5 Å². The van der Waals surface area contributed by atoms with Crippen molar-refractivity contribution in [1.82, 2.24) is 4.98 Å². The van der Waals surface area contributed by atoms with Gasteiger partial charge in [0, 0.05) is 17.0 Å². The molecule has 0 spiro atoms. The van der Waals surface area contributed by atoms with E-state index in [1.165, 1.54) is 16.2 Å². The van der Waals surface area contributed by atoms with Crippen LogP contribution < -0.4 is 14.4 Å². The monoisotopic (exact) mass is 560 g/mol. The zero-order valence-electron chi connectivity index (χ0n) is 21.3. The number of aromatic nitrogens is 1. The topological polar surface area (TPSA) is 89.0 Å². The number of Topliss-reactive ketones (excluding diaryl/α,β-unsaturated/α-hetero) is 1. The SMILES string of the molecule is CCCOc1cccc([C@@H]2C(=C(O)c3ccc4c(c3)C[C@H](C)O4)C(=O)C(=O)N2c2nc3ccc(Cl)cc3s2)c1. The molecule has 1 amide bonds. The quantitative estimate of drug-likeness (QED) is 0.161. The van der Waals surface area contributed by atoms with Crippen LogP contribution in [0, 0.1) is 0 Å². The molecule has 6 rings (SSSR count). The van der Waals surface area contributed by atoms with Crippen molar-refractivity contribution in [3.63, 3.8) is 0 Å². The first kappa shape index (κ1) is 25.4. The van der Waals surface area contributed by atoms with Crippen LogP contribution in [0.15, 0.2) is 66.2 Å². The predicted octanol–water partition coefficient (Wildman–Crippen LogP) is 6.69. The molecule has 0 saturated carbocycles. The molecule has 2 aliphatic rings. The molecule has 39 heavy (non-hydrogen) atoms. The zero-order valence-corrected chi connectivity index (χ0v) is 22.9. The molecule has 1 saturated heterocycles. The van der Waals surface area contributed by atoms with E-state index in [9.17, 15) is 14.7 Å². The van der Waals surface area contributed by atoms with Crippen LogP contribution in [-0.4, -0.2) is 34.5 Å². The number of ketones is 1. The first-order valence-electron chi connectivity index (χ1n) is 12.7. The minimum atomic E-state index is -0.908. The van der Waals surface area contributed by atoms with Crippen LogP contribution in [0.1, 0.15) is 43.0 Å². The molecule has 0 bridgehead atoms. The summed E-state index contributed by atoms with van der Waals surface area (Å²) in [5.74, 6) is -0.415. The molecule has 0 aliphatic carbocycles. The van der Waals surface area contributed by atoms with E-state index >= 15 is 0 Å². The summed E-state index contributed by atoms with van der Waals surface area (Å²) in [5, 5.41) is 12.5. The van der Waals surface area contributed by atoms with E-state index in [1.807, 2.05) is 38.1 Å². The van der Waals surface area contributed by atoms with E-state index in [-0.39, 0.29) is 17.4 Å². The Labute approximate surface area is 234 Å². The summed E-state index contributed by atoms with van der Waals surface area (Å²) in [6.07, 6.45) is 1.55. The van der Waals surface area contributed by atoms with Crippen LogP contribution in [0.2, 0.25) is 5.02 Å². The molecule has 9 heteroatoms. The maximum Gasteiger partial charge on any atom is 0.301 e. The predicted molar refractivity (Wildman–Crippen MR) is 152 cm³/mol. The Balaban J connectivity index is 1.52. The molecule has 198 valence electrons. The van der Waals surface area contributed by atoms with Gasteiger partial charge in [-0.2, -0.15) is 0 Å². The number of aliphatic hydroxyl groups excluding tert-OH is 1. The maximum atomic E-state index is 13.6. The van der Waals surface area contributed by atoms with Crippen LogP contribution in [0.25, 0.3) is 16.0 Å². The van der Waals surface area contributed by atoms with Gasteiger partial charge in [0.25, 0.3) is 5.78 Å². The minimum absolute atomic E-state index is 0.00292. The summed E-state index contributed by atoms with van der Waals surface area (Å²) in [6, 6.07) is 16.9. The van der Waals surface area contributed by atoms with Gasteiger partial charge in [-0.25, -0.2) is 4.98 Å². The Morgan fingerprint density at radius 3 is 2.85 bits per heavy atom. The van der Waals surface area contributed by atoms with Crippen LogP contribution in [0.4, 0.5) is 5.13 Å². The molecule has 3 heterocycles. The second kappa shape index (κ2) is 10.0. The number of benzene rings is 3. The number of amides is 1. The molecule has 1 aromatic heterocycles. The molecule has 1 fully saturated rings. The van der Waals surface area contributed by atoms with Crippen molar-refractivity contribution in [3.8, 4) is 11.5 Å². The van der Waals surface area contributed by atoms with Gasteiger partial charge in [0.2, 0.25) is 0 Å². The molecular formula is C30H25ClN2O5S. The van der Waals surface area contributed by atoms with Crippen molar-refractivity contribution in [2.75, 3.05) is 11.5 Å². The summed E-state index contributed by atoms with van der Waals surface area (Å²) in [7, 11) is 0. The van der Waals surface area contributed by atoms with Crippen molar-refractivity contribution in [1.29, 1.82) is 0 Å². The van der Waals surface area contributed by atoms with E-state index in [1.54, 1.807) is 36.4 Å². The van der Waals surface area contributed by atoms with Gasteiger partial charge in [-0.1, -0.05) is 42.0 Å². The molecule has 0 radical (unpaired) electrons. The molecule has 7 nitrogen and oxygen atoms in total. The first-order chi connectivity index (χ1) is 18.8. The Hall–Kier alpha value is -3.88. The van der Waals surface area contributed by atoms with Crippen LogP contribution in [0.3, 0.4) is 0 Å². The Kier molecular flexibility index (Phi) is 6.53. The summed E-state index contributed by atoms with van der Waals surface area (Å²) in [6.45, 7) is 4.52. The lowest BCUT2D eigenvalue weighted by molar-refractivity contribution is -0.132. The lowest BCUT2D eigenvalue weighted by atomic mass is 9.94. The van der Waals surface area contributed by atoms with Crippen molar-refractivity contribution in [3.05, 3.63) is 87.9 Å². The van der Waals surface area contributed by atoms with Crippen molar-refractivity contribution in [2.24, 2.45) is 0 Å². The number of fused-ring (bicyclic) bond motifs is 2. The summed E-state index contributed by atoms with van der Waals surface area (Å²) < 4.78 is 12.4. The minimum Gasteiger partial charge on any atom is -0.507 e. The highest BCUT2D eigenvalue weighted by atomic mass is 35.5. The molecule has 1 N–H and O–H groups in total. The molecular weight excluding hydrogens is 536 g/mol. The molecule has 2 aliphatic heterocycles. The second-order valence-electron chi connectivity index (χ2n) is 9.65. The van der Waals surface area contributed by atoms with Gasteiger partial charge >= 0.3 is 5.91 Å². The number of hydrogen-bond acceptors (Lipinski definition) is 7. The number of thiazole rings is 1. The Morgan fingerprint density at radius 2 is 2.03 bits per heavy atom. The van der Waals surface area contributed by atoms with Gasteiger partial charge in [-0.15, -0.1) is 0 Å². The number of hydrogen-bond donors (Lipinski definition) is 1. The van der Waals surface area contributed by atoms with E-state index in [4.69, 9.17) is 21.1 Å². The third kappa shape index (κ3) is 4.53. The first-order valence-corrected chi connectivity index (χ1v) is 13.9. The number of ether oxygens (including phenoxy) is 2. The normalized spacial score (nSPS) is 19.9. The number of nitrogens with zero attached hydrogens (tertiary/aromatic N) is 2. The lowest BCUT2D eigenvalue weighted by Crippen LogP contribution is -2.29. The fourth-order valence-corrected chi connectivity index (χ4v) is 6.32. The fourth-order valence-electron chi connectivity index (χ4n) is 5.05. The molecule has 4 aromatic rings. The van der Waals surface area contributed by atoms with Gasteiger partial charge < -0.3 is 14.6 Å². The number of carbonyl (C=O) groups is 2. The van der Waals surface area contributed by atoms with Gasteiger partial charge in [0.1, 0.15) is 23.4 Å². The van der Waals surface area contributed by atoms with Gasteiger partial charge in [-0.05, 0) is 73.0 Å². The van der Waals surface area contributed by atoms with Gasteiger partial charge in [-0.3, -0.25) is 14.5 Å². The van der Waals surface area contributed by atoms with Crippen LogP contribution >= 0.6 is 22.9 Å². The maximum absolute atomic E-state index is 13.6.